The minimum Gasteiger partial charge on any atom is -0.375 e. The van der Waals surface area contributed by atoms with Crippen molar-refractivity contribution in [2.45, 2.75) is 13.2 Å². The van der Waals surface area contributed by atoms with Gasteiger partial charge >= 0.3 is 0 Å². The molecule has 1 aromatic carbocycles. The number of rotatable bonds is 5. The zero-order valence-corrected chi connectivity index (χ0v) is 9.58. The average Bonchev–Trinajstić information content (AvgIpc) is 2.38. The molecule has 0 N–H and O–H groups in total. The normalized spacial score (nSPS) is 10.4. The minimum atomic E-state index is 0.0338. The maximum atomic E-state index is 10.9. The summed E-state index contributed by atoms with van der Waals surface area (Å²) in [6.07, 6.45) is 3.54. The molecule has 0 unspecified atom stereocenters. The van der Waals surface area contributed by atoms with Crippen molar-refractivity contribution in [2.75, 3.05) is 6.61 Å². The smallest absolute Gasteiger partial charge is 0.181 e. The van der Waals surface area contributed by atoms with Gasteiger partial charge < -0.3 is 9.30 Å². The molecule has 88 valence electrons. The van der Waals surface area contributed by atoms with Gasteiger partial charge in [-0.05, 0) is 5.56 Å². The summed E-state index contributed by atoms with van der Waals surface area (Å²) in [6, 6.07) is 13.2. The van der Waals surface area contributed by atoms with Gasteiger partial charge in [0.05, 0.1) is 13.2 Å². The average molecular weight is 229 g/mol. The zero-order chi connectivity index (χ0) is 11.9. The molecule has 0 radical (unpaired) electrons. The quantitative estimate of drug-likeness (QED) is 0.735. The van der Waals surface area contributed by atoms with E-state index in [1.165, 1.54) is 5.56 Å². The van der Waals surface area contributed by atoms with E-state index in [1.54, 1.807) is 24.5 Å². The maximum Gasteiger partial charge on any atom is 0.181 e. The Kier molecular flexibility index (Phi) is 4.11. The molecule has 0 saturated carbocycles. The van der Waals surface area contributed by atoms with E-state index in [4.69, 9.17) is 4.74 Å². The highest BCUT2D eigenvalue weighted by molar-refractivity contribution is 5.13. The second-order valence-corrected chi connectivity index (χ2v) is 3.81. The van der Waals surface area contributed by atoms with Crippen LogP contribution in [0, 0.1) is 0 Å². The Morgan fingerprint density at radius 2 is 1.71 bits per heavy atom. The molecular weight excluding hydrogens is 214 g/mol. The molecule has 0 amide bonds. The van der Waals surface area contributed by atoms with Gasteiger partial charge in [-0.1, -0.05) is 30.3 Å². The summed E-state index contributed by atoms with van der Waals surface area (Å²) in [5.41, 5.74) is 1.21. The third-order valence-electron chi connectivity index (χ3n) is 2.47. The number of hydrogen-bond acceptors (Lipinski definition) is 2. The van der Waals surface area contributed by atoms with Gasteiger partial charge in [-0.25, -0.2) is 0 Å². The first kappa shape index (κ1) is 11.6. The van der Waals surface area contributed by atoms with Crippen LogP contribution < -0.4 is 5.43 Å². The van der Waals surface area contributed by atoms with Crippen LogP contribution in [-0.2, 0) is 17.9 Å². The molecular formula is C14H15NO2. The number of nitrogens with zero attached hydrogens (tertiary/aromatic N) is 1. The summed E-state index contributed by atoms with van der Waals surface area (Å²) >= 11 is 0. The molecule has 1 aromatic heterocycles. The van der Waals surface area contributed by atoms with Crippen LogP contribution in [0.25, 0.3) is 0 Å². The first-order valence-corrected chi connectivity index (χ1v) is 5.62. The number of aromatic nitrogens is 1. The van der Waals surface area contributed by atoms with E-state index >= 15 is 0 Å². The summed E-state index contributed by atoms with van der Waals surface area (Å²) in [5.74, 6) is 0. The fraction of sp³-hybridized carbons (Fsp3) is 0.214. The van der Waals surface area contributed by atoms with Crippen LogP contribution in [0.2, 0.25) is 0 Å². The number of pyridine rings is 1. The summed E-state index contributed by atoms with van der Waals surface area (Å²) in [7, 11) is 0. The van der Waals surface area contributed by atoms with Gasteiger partial charge in [-0.3, -0.25) is 4.79 Å². The summed E-state index contributed by atoms with van der Waals surface area (Å²) in [5, 5.41) is 0. The third-order valence-corrected chi connectivity index (χ3v) is 2.47. The summed E-state index contributed by atoms with van der Waals surface area (Å²) in [4.78, 5) is 10.9. The number of ether oxygens (including phenoxy) is 1. The zero-order valence-electron chi connectivity index (χ0n) is 9.58. The standard InChI is InChI=1S/C14H15NO2/c16-14-6-8-15(9-7-14)10-11-17-12-13-4-2-1-3-5-13/h1-9H,10-12H2. The van der Waals surface area contributed by atoms with Crippen LogP contribution in [0.1, 0.15) is 5.56 Å². The Bertz CT molecular complexity index is 485. The highest BCUT2D eigenvalue weighted by atomic mass is 16.5. The van der Waals surface area contributed by atoms with Crippen molar-refractivity contribution < 1.29 is 4.74 Å². The van der Waals surface area contributed by atoms with E-state index in [0.717, 1.165) is 6.54 Å². The van der Waals surface area contributed by atoms with Gasteiger partial charge in [0, 0.05) is 31.1 Å². The lowest BCUT2D eigenvalue weighted by molar-refractivity contribution is 0.113. The molecule has 17 heavy (non-hydrogen) atoms. The van der Waals surface area contributed by atoms with Crippen molar-refractivity contribution in [3.63, 3.8) is 0 Å². The van der Waals surface area contributed by atoms with Crippen LogP contribution in [0.15, 0.2) is 59.7 Å². The van der Waals surface area contributed by atoms with Crippen LogP contribution >= 0.6 is 0 Å². The topological polar surface area (TPSA) is 31.2 Å². The van der Waals surface area contributed by atoms with E-state index in [9.17, 15) is 4.79 Å². The third kappa shape index (κ3) is 3.89. The molecule has 0 spiro atoms. The molecule has 3 heteroatoms. The van der Waals surface area contributed by atoms with Crippen molar-refractivity contribution in [3.05, 3.63) is 70.6 Å². The molecule has 2 aromatic rings. The van der Waals surface area contributed by atoms with Gasteiger partial charge in [0.2, 0.25) is 0 Å². The molecule has 3 nitrogen and oxygen atoms in total. The van der Waals surface area contributed by atoms with Crippen molar-refractivity contribution in [1.82, 2.24) is 4.57 Å². The van der Waals surface area contributed by atoms with Crippen LogP contribution in [0.4, 0.5) is 0 Å². The lowest BCUT2D eigenvalue weighted by atomic mass is 10.2. The largest absolute Gasteiger partial charge is 0.375 e. The molecule has 1 heterocycles. The molecule has 0 atom stereocenters. The predicted octanol–water partition coefficient (Wildman–Crippen LogP) is 2.07. The van der Waals surface area contributed by atoms with Crippen molar-refractivity contribution >= 4 is 0 Å². The summed E-state index contributed by atoms with van der Waals surface area (Å²) < 4.78 is 7.49. The molecule has 2 rings (SSSR count). The Labute approximate surface area is 100 Å². The Morgan fingerprint density at radius 1 is 1.00 bits per heavy atom. The molecule has 0 bridgehead atoms. The second-order valence-electron chi connectivity index (χ2n) is 3.81. The highest BCUT2D eigenvalue weighted by Crippen LogP contribution is 2.00. The van der Waals surface area contributed by atoms with Gasteiger partial charge in [0.15, 0.2) is 5.43 Å². The van der Waals surface area contributed by atoms with E-state index in [1.807, 2.05) is 34.9 Å². The highest BCUT2D eigenvalue weighted by Gasteiger charge is 1.92. The van der Waals surface area contributed by atoms with Crippen LogP contribution in [-0.4, -0.2) is 11.2 Å². The van der Waals surface area contributed by atoms with Gasteiger partial charge in [0.1, 0.15) is 0 Å². The van der Waals surface area contributed by atoms with E-state index in [0.29, 0.717) is 13.2 Å². The first-order valence-electron chi connectivity index (χ1n) is 5.62. The monoisotopic (exact) mass is 229 g/mol. The second kappa shape index (κ2) is 6.01. The molecule has 0 fully saturated rings. The molecule has 0 aliphatic heterocycles. The summed E-state index contributed by atoms with van der Waals surface area (Å²) in [6.45, 7) is 2.02. The molecule has 0 saturated heterocycles. The van der Waals surface area contributed by atoms with Crippen LogP contribution in [0.3, 0.4) is 0 Å². The van der Waals surface area contributed by atoms with Gasteiger partial charge in [-0.15, -0.1) is 0 Å². The minimum absolute atomic E-state index is 0.0338. The first-order chi connectivity index (χ1) is 8.34. The van der Waals surface area contributed by atoms with Crippen LogP contribution in [0.5, 0.6) is 0 Å². The maximum absolute atomic E-state index is 10.9. The van der Waals surface area contributed by atoms with Crippen molar-refractivity contribution in [1.29, 1.82) is 0 Å². The molecule has 0 aliphatic rings. The molecule has 0 aliphatic carbocycles. The SMILES string of the molecule is O=c1ccn(CCOCc2ccccc2)cc1. The lowest BCUT2D eigenvalue weighted by Crippen LogP contribution is -2.08. The fourth-order valence-corrected chi connectivity index (χ4v) is 1.53. The van der Waals surface area contributed by atoms with Crippen molar-refractivity contribution in [3.8, 4) is 0 Å². The van der Waals surface area contributed by atoms with E-state index < -0.39 is 0 Å². The Balaban J connectivity index is 1.73. The Hall–Kier alpha value is -1.87. The number of benzene rings is 1. The van der Waals surface area contributed by atoms with E-state index in [2.05, 4.69) is 0 Å². The van der Waals surface area contributed by atoms with Gasteiger partial charge in [-0.2, -0.15) is 0 Å². The number of hydrogen-bond donors (Lipinski definition) is 0. The predicted molar refractivity (Wildman–Crippen MR) is 66.8 cm³/mol. The van der Waals surface area contributed by atoms with E-state index in [-0.39, 0.29) is 5.43 Å². The lowest BCUT2D eigenvalue weighted by Gasteiger charge is -2.06. The Morgan fingerprint density at radius 3 is 2.41 bits per heavy atom. The van der Waals surface area contributed by atoms with Crippen molar-refractivity contribution in [2.24, 2.45) is 0 Å². The fourth-order valence-electron chi connectivity index (χ4n) is 1.53. The van der Waals surface area contributed by atoms with Gasteiger partial charge in [0.25, 0.3) is 0 Å².